The molecule has 154 valence electrons. The number of rotatable bonds is 3. The van der Waals surface area contributed by atoms with Crippen LogP contribution in [0.25, 0.3) is 0 Å². The Balaban J connectivity index is 2.15. The Morgan fingerprint density at radius 2 is 1.79 bits per heavy atom. The van der Waals surface area contributed by atoms with Crippen molar-refractivity contribution < 1.29 is 14.3 Å². The summed E-state index contributed by atoms with van der Waals surface area (Å²) in [7, 11) is 0. The lowest BCUT2D eigenvalue weighted by Crippen LogP contribution is -2.53. The molecule has 1 aliphatic rings. The van der Waals surface area contributed by atoms with Gasteiger partial charge in [-0.1, -0.05) is 18.5 Å². The van der Waals surface area contributed by atoms with Crippen molar-refractivity contribution in [3.05, 3.63) is 56.5 Å². The highest BCUT2D eigenvalue weighted by molar-refractivity contribution is 9.10. The molecule has 1 atom stereocenters. The molecule has 1 unspecified atom stereocenters. The van der Waals surface area contributed by atoms with Gasteiger partial charge in [0.05, 0.1) is 29.6 Å². The van der Waals surface area contributed by atoms with Gasteiger partial charge in [-0.3, -0.25) is 9.69 Å². The van der Waals surface area contributed by atoms with Crippen LogP contribution in [0.4, 0.5) is 16.2 Å². The molecule has 1 heterocycles. The zero-order valence-corrected chi connectivity index (χ0v) is 19.3. The molecule has 2 amide bonds. The fourth-order valence-electron chi connectivity index (χ4n) is 3.53. The van der Waals surface area contributed by atoms with Gasteiger partial charge in [0, 0.05) is 16.0 Å². The zero-order chi connectivity index (χ0) is 21.3. The fourth-order valence-corrected chi connectivity index (χ4v) is 4.12. The van der Waals surface area contributed by atoms with Crippen LogP contribution in [0, 0.1) is 13.8 Å². The molecule has 7 heteroatoms. The lowest BCUT2D eigenvalue weighted by atomic mass is 9.99. The summed E-state index contributed by atoms with van der Waals surface area (Å²) >= 11 is 9.60. The Bertz CT molecular complexity index is 963. The minimum Gasteiger partial charge on any atom is -0.449 e. The number of carbonyl (C=O) groups excluding carboxylic acids is 2. The predicted octanol–water partition coefficient (Wildman–Crippen LogP) is 6.12. The first-order valence-electron chi connectivity index (χ1n) is 9.62. The highest BCUT2D eigenvalue weighted by Gasteiger charge is 2.38. The third-order valence-electron chi connectivity index (χ3n) is 5.24. The number of amides is 2. The monoisotopic (exact) mass is 478 g/mol. The Kier molecular flexibility index (Phi) is 6.54. The van der Waals surface area contributed by atoms with Crippen molar-refractivity contribution in [3.63, 3.8) is 0 Å². The van der Waals surface area contributed by atoms with Gasteiger partial charge >= 0.3 is 6.09 Å². The van der Waals surface area contributed by atoms with E-state index >= 15 is 0 Å². The number of halogens is 2. The Hall–Kier alpha value is -2.05. The Morgan fingerprint density at radius 3 is 2.41 bits per heavy atom. The molecular weight excluding hydrogens is 456 g/mol. The molecule has 0 radical (unpaired) electrons. The standard InChI is InChI=1S/C22H24BrClN2O3/c1-5-16-12-25(21(27)17-11-15(24)7-8-18(17)23)19-9-13(3)14(4)10-20(19)26(16)22(28)29-6-2/h7-11,16H,5-6,12H2,1-4H3. The molecule has 0 bridgehead atoms. The maximum absolute atomic E-state index is 13.5. The molecule has 0 saturated heterocycles. The van der Waals surface area contributed by atoms with Crippen molar-refractivity contribution in [1.82, 2.24) is 0 Å². The van der Waals surface area contributed by atoms with Gasteiger partial charge < -0.3 is 9.64 Å². The van der Waals surface area contributed by atoms with Crippen LogP contribution in [-0.4, -0.2) is 31.2 Å². The number of hydrogen-bond donors (Lipinski definition) is 0. The quantitative estimate of drug-likeness (QED) is 0.533. The van der Waals surface area contributed by atoms with Crippen molar-refractivity contribution in [2.24, 2.45) is 0 Å². The van der Waals surface area contributed by atoms with E-state index in [1.165, 1.54) is 0 Å². The third kappa shape index (κ3) is 4.14. The van der Waals surface area contributed by atoms with E-state index in [2.05, 4.69) is 15.9 Å². The fraction of sp³-hybridized carbons (Fsp3) is 0.364. The van der Waals surface area contributed by atoms with Crippen LogP contribution >= 0.6 is 27.5 Å². The van der Waals surface area contributed by atoms with Gasteiger partial charge in [0.1, 0.15) is 0 Å². The third-order valence-corrected chi connectivity index (χ3v) is 6.17. The van der Waals surface area contributed by atoms with Crippen molar-refractivity contribution in [2.45, 2.75) is 40.2 Å². The number of hydrogen-bond acceptors (Lipinski definition) is 3. The van der Waals surface area contributed by atoms with E-state index in [-0.39, 0.29) is 18.0 Å². The van der Waals surface area contributed by atoms with Crippen LogP contribution in [0.15, 0.2) is 34.8 Å². The van der Waals surface area contributed by atoms with Crippen molar-refractivity contribution in [3.8, 4) is 0 Å². The van der Waals surface area contributed by atoms with E-state index in [0.717, 1.165) is 11.1 Å². The molecule has 0 fully saturated rings. The van der Waals surface area contributed by atoms with Gasteiger partial charge in [-0.25, -0.2) is 4.79 Å². The second-order valence-electron chi connectivity index (χ2n) is 7.10. The molecule has 5 nitrogen and oxygen atoms in total. The van der Waals surface area contributed by atoms with Crippen LogP contribution in [0.1, 0.15) is 41.8 Å². The number of nitrogens with zero attached hydrogens (tertiary/aromatic N) is 2. The molecule has 0 aromatic heterocycles. The normalized spacial score (nSPS) is 15.9. The van der Waals surface area contributed by atoms with Crippen molar-refractivity contribution >= 4 is 50.9 Å². The summed E-state index contributed by atoms with van der Waals surface area (Å²) in [5.41, 5.74) is 3.97. The predicted molar refractivity (Wildman–Crippen MR) is 120 cm³/mol. The average molecular weight is 480 g/mol. The van der Waals surface area contributed by atoms with E-state index < -0.39 is 0 Å². The van der Waals surface area contributed by atoms with Crippen LogP contribution in [0.3, 0.4) is 0 Å². The van der Waals surface area contributed by atoms with Crippen molar-refractivity contribution in [2.75, 3.05) is 23.0 Å². The highest BCUT2D eigenvalue weighted by atomic mass is 79.9. The summed E-state index contributed by atoms with van der Waals surface area (Å²) in [6.45, 7) is 8.45. The topological polar surface area (TPSA) is 49.9 Å². The van der Waals surface area contributed by atoms with E-state index in [9.17, 15) is 9.59 Å². The molecule has 29 heavy (non-hydrogen) atoms. The van der Waals surface area contributed by atoms with Crippen LogP contribution in [0.5, 0.6) is 0 Å². The lowest BCUT2D eigenvalue weighted by molar-refractivity contribution is 0.0980. The van der Waals surface area contributed by atoms with Gasteiger partial charge in [0.2, 0.25) is 0 Å². The molecule has 0 saturated carbocycles. The maximum Gasteiger partial charge on any atom is 0.414 e. The highest BCUT2D eigenvalue weighted by Crippen LogP contribution is 2.40. The average Bonchev–Trinajstić information content (AvgIpc) is 2.69. The number of ether oxygens (including phenoxy) is 1. The van der Waals surface area contributed by atoms with Gasteiger partial charge in [-0.15, -0.1) is 0 Å². The van der Waals surface area contributed by atoms with Crippen LogP contribution in [0.2, 0.25) is 5.02 Å². The van der Waals surface area contributed by atoms with E-state index in [1.54, 1.807) is 34.9 Å². The summed E-state index contributed by atoms with van der Waals surface area (Å²) in [5, 5.41) is 0.495. The number of aryl methyl sites for hydroxylation is 2. The van der Waals surface area contributed by atoms with E-state index in [4.69, 9.17) is 16.3 Å². The van der Waals surface area contributed by atoms with E-state index in [0.29, 0.717) is 46.0 Å². The summed E-state index contributed by atoms with van der Waals surface area (Å²) in [5.74, 6) is -0.161. The van der Waals surface area contributed by atoms with Crippen LogP contribution < -0.4 is 9.80 Å². The molecule has 0 N–H and O–H groups in total. The van der Waals surface area contributed by atoms with Crippen LogP contribution in [-0.2, 0) is 4.74 Å². The number of fused-ring (bicyclic) bond motifs is 1. The molecule has 1 aliphatic heterocycles. The zero-order valence-electron chi connectivity index (χ0n) is 17.0. The first-order chi connectivity index (χ1) is 13.8. The summed E-state index contributed by atoms with van der Waals surface area (Å²) in [6, 6.07) is 8.88. The molecule has 0 aliphatic carbocycles. The summed E-state index contributed by atoms with van der Waals surface area (Å²) < 4.78 is 5.99. The Labute approximate surface area is 184 Å². The molecule has 3 rings (SSSR count). The van der Waals surface area contributed by atoms with Gasteiger partial charge in [-0.05, 0) is 84.6 Å². The summed E-state index contributed by atoms with van der Waals surface area (Å²) in [6.07, 6.45) is 0.297. The minimum absolute atomic E-state index is 0.161. The second-order valence-corrected chi connectivity index (χ2v) is 8.39. The number of anilines is 2. The Morgan fingerprint density at radius 1 is 1.14 bits per heavy atom. The van der Waals surface area contributed by atoms with E-state index in [1.807, 2.05) is 32.9 Å². The molecule has 2 aromatic rings. The second kappa shape index (κ2) is 8.76. The molecule has 0 spiro atoms. The first-order valence-corrected chi connectivity index (χ1v) is 10.8. The van der Waals surface area contributed by atoms with Crippen molar-refractivity contribution in [1.29, 1.82) is 0 Å². The maximum atomic E-state index is 13.5. The van der Waals surface area contributed by atoms with Gasteiger partial charge in [0.15, 0.2) is 0 Å². The largest absolute Gasteiger partial charge is 0.449 e. The van der Waals surface area contributed by atoms with Gasteiger partial charge in [-0.2, -0.15) is 0 Å². The van der Waals surface area contributed by atoms with Gasteiger partial charge in [0.25, 0.3) is 5.91 Å². The molecule has 2 aromatic carbocycles. The minimum atomic E-state index is -0.389. The lowest BCUT2D eigenvalue weighted by Gasteiger charge is -2.42. The smallest absolute Gasteiger partial charge is 0.414 e. The molecular formula is C22H24BrClN2O3. The number of carbonyl (C=O) groups is 2. The SMILES string of the molecule is CCOC(=O)N1c2cc(C)c(C)cc2N(C(=O)c2cc(Cl)ccc2Br)CC1CC. The first kappa shape index (κ1) is 21.7. The summed E-state index contributed by atoms with van der Waals surface area (Å²) in [4.78, 5) is 29.7. The number of benzene rings is 2.